The molecule has 6 heteroatoms. The van der Waals surface area contributed by atoms with Crippen LogP contribution in [0.15, 0.2) is 24.5 Å². The molecule has 1 aliphatic heterocycles. The van der Waals surface area contributed by atoms with Crippen LogP contribution in [0.5, 0.6) is 0 Å². The van der Waals surface area contributed by atoms with Crippen LogP contribution in [0.2, 0.25) is 0 Å². The number of rotatable bonds is 8. The molecule has 0 saturated carbocycles. The van der Waals surface area contributed by atoms with Crippen molar-refractivity contribution in [3.63, 3.8) is 0 Å². The summed E-state index contributed by atoms with van der Waals surface area (Å²) in [6.45, 7) is 9.44. The van der Waals surface area contributed by atoms with Gasteiger partial charge in [-0.2, -0.15) is 0 Å². The third kappa shape index (κ3) is 6.97. The van der Waals surface area contributed by atoms with Crippen LogP contribution in [0, 0.1) is 5.41 Å². The zero-order valence-corrected chi connectivity index (χ0v) is 17.6. The van der Waals surface area contributed by atoms with Crippen molar-refractivity contribution in [3.8, 4) is 0 Å². The van der Waals surface area contributed by atoms with E-state index < -0.39 is 10.0 Å². The first kappa shape index (κ1) is 21.3. The molecule has 1 saturated heterocycles. The number of sulfonamides is 1. The number of likely N-dealkylation sites (tertiary alicyclic amines) is 1. The molecule has 1 aliphatic rings. The predicted molar refractivity (Wildman–Crippen MR) is 108 cm³/mol. The standard InChI is InChI=1S/C20H35N3O2S/c1-20(2,3)11-5-17-26(24,25)22(4)19-9-15-23(16-10-19)14-8-18-6-12-21-13-7-18/h6-7,12-13,19H,5,8-11,14-17H2,1-4H3. The van der Waals surface area contributed by atoms with Crippen LogP contribution in [-0.2, 0) is 16.4 Å². The van der Waals surface area contributed by atoms with Gasteiger partial charge in [-0.3, -0.25) is 4.98 Å². The summed E-state index contributed by atoms with van der Waals surface area (Å²) in [6.07, 6.45) is 8.21. The number of hydrogen-bond acceptors (Lipinski definition) is 4. The number of pyridine rings is 1. The lowest BCUT2D eigenvalue weighted by atomic mass is 9.91. The number of piperidine rings is 1. The van der Waals surface area contributed by atoms with Gasteiger partial charge >= 0.3 is 0 Å². The van der Waals surface area contributed by atoms with Gasteiger partial charge in [-0.25, -0.2) is 12.7 Å². The van der Waals surface area contributed by atoms with E-state index in [1.165, 1.54) is 5.56 Å². The smallest absolute Gasteiger partial charge is 0.214 e. The zero-order chi connectivity index (χ0) is 19.2. The van der Waals surface area contributed by atoms with Crippen LogP contribution in [-0.4, -0.2) is 61.1 Å². The molecule has 0 radical (unpaired) electrons. The van der Waals surface area contributed by atoms with Crippen molar-refractivity contribution < 1.29 is 8.42 Å². The second-order valence-electron chi connectivity index (χ2n) is 8.67. The molecule has 0 aromatic carbocycles. The molecule has 1 aromatic rings. The number of nitrogens with zero attached hydrogens (tertiary/aromatic N) is 3. The Morgan fingerprint density at radius 1 is 1.19 bits per heavy atom. The molecule has 0 amide bonds. The minimum absolute atomic E-state index is 0.145. The maximum atomic E-state index is 12.6. The summed E-state index contributed by atoms with van der Waals surface area (Å²) in [7, 11) is -1.38. The Morgan fingerprint density at radius 3 is 2.38 bits per heavy atom. The van der Waals surface area contributed by atoms with E-state index in [9.17, 15) is 8.42 Å². The Kier molecular flexibility index (Phi) is 7.62. The fourth-order valence-electron chi connectivity index (χ4n) is 3.50. The molecule has 0 spiro atoms. The van der Waals surface area contributed by atoms with Crippen LogP contribution in [0.1, 0.15) is 52.0 Å². The highest BCUT2D eigenvalue weighted by Crippen LogP contribution is 2.23. The highest BCUT2D eigenvalue weighted by Gasteiger charge is 2.29. The Labute approximate surface area is 159 Å². The summed E-state index contributed by atoms with van der Waals surface area (Å²) >= 11 is 0. The fraction of sp³-hybridized carbons (Fsp3) is 0.750. The van der Waals surface area contributed by atoms with Gasteiger partial charge in [0.25, 0.3) is 0 Å². The second kappa shape index (κ2) is 9.29. The molecule has 26 heavy (non-hydrogen) atoms. The third-order valence-electron chi connectivity index (χ3n) is 5.31. The summed E-state index contributed by atoms with van der Waals surface area (Å²) in [4.78, 5) is 6.49. The van der Waals surface area contributed by atoms with Gasteiger partial charge in [0.15, 0.2) is 0 Å². The lowest BCUT2D eigenvalue weighted by molar-refractivity contribution is 0.171. The second-order valence-corrected chi connectivity index (χ2v) is 10.8. The Balaban J connectivity index is 1.75. The van der Waals surface area contributed by atoms with E-state index in [0.717, 1.165) is 51.7 Å². The highest BCUT2D eigenvalue weighted by molar-refractivity contribution is 7.89. The minimum Gasteiger partial charge on any atom is -0.303 e. The van der Waals surface area contributed by atoms with E-state index in [1.54, 1.807) is 11.4 Å². The summed E-state index contributed by atoms with van der Waals surface area (Å²) < 4.78 is 26.9. The number of aromatic nitrogens is 1. The molecule has 0 N–H and O–H groups in total. The van der Waals surface area contributed by atoms with Crippen molar-refractivity contribution in [2.24, 2.45) is 5.41 Å². The Hall–Kier alpha value is -0.980. The van der Waals surface area contributed by atoms with Crippen molar-refractivity contribution in [2.75, 3.05) is 32.4 Å². The van der Waals surface area contributed by atoms with Crippen molar-refractivity contribution in [1.82, 2.24) is 14.2 Å². The molecule has 1 aromatic heterocycles. The van der Waals surface area contributed by atoms with Gasteiger partial charge in [-0.1, -0.05) is 20.8 Å². The van der Waals surface area contributed by atoms with Gasteiger partial charge in [-0.05, 0) is 68.3 Å². The molecule has 148 valence electrons. The van der Waals surface area contributed by atoms with Crippen LogP contribution < -0.4 is 0 Å². The van der Waals surface area contributed by atoms with E-state index in [-0.39, 0.29) is 17.2 Å². The van der Waals surface area contributed by atoms with Crippen molar-refractivity contribution >= 4 is 10.0 Å². The molecular weight excluding hydrogens is 346 g/mol. The summed E-state index contributed by atoms with van der Waals surface area (Å²) in [5.41, 5.74) is 1.49. The average Bonchev–Trinajstić information content (AvgIpc) is 2.59. The number of hydrogen-bond donors (Lipinski definition) is 0. The molecule has 0 aliphatic carbocycles. The van der Waals surface area contributed by atoms with Crippen LogP contribution >= 0.6 is 0 Å². The average molecular weight is 382 g/mol. The van der Waals surface area contributed by atoms with Crippen molar-refractivity contribution in [2.45, 2.75) is 58.9 Å². The molecule has 0 bridgehead atoms. The van der Waals surface area contributed by atoms with E-state index >= 15 is 0 Å². The molecule has 2 heterocycles. The van der Waals surface area contributed by atoms with Crippen molar-refractivity contribution in [3.05, 3.63) is 30.1 Å². The van der Waals surface area contributed by atoms with E-state index in [2.05, 4.69) is 42.8 Å². The largest absolute Gasteiger partial charge is 0.303 e. The van der Waals surface area contributed by atoms with E-state index in [4.69, 9.17) is 0 Å². The summed E-state index contributed by atoms with van der Waals surface area (Å²) in [5.74, 6) is 0.267. The molecule has 1 fully saturated rings. The predicted octanol–water partition coefficient (Wildman–Crippen LogP) is 3.18. The lowest BCUT2D eigenvalue weighted by Gasteiger charge is -2.36. The zero-order valence-electron chi connectivity index (χ0n) is 16.8. The maximum Gasteiger partial charge on any atom is 0.214 e. The normalized spacial score (nSPS) is 17.7. The third-order valence-corrected chi connectivity index (χ3v) is 7.29. The van der Waals surface area contributed by atoms with E-state index in [1.807, 2.05) is 12.4 Å². The van der Waals surface area contributed by atoms with Gasteiger partial charge in [0, 0.05) is 32.0 Å². The van der Waals surface area contributed by atoms with Gasteiger partial charge in [0.1, 0.15) is 0 Å². The summed E-state index contributed by atoms with van der Waals surface area (Å²) in [5, 5.41) is 0. The van der Waals surface area contributed by atoms with Gasteiger partial charge in [-0.15, -0.1) is 0 Å². The molecule has 5 nitrogen and oxygen atoms in total. The topological polar surface area (TPSA) is 53.5 Å². The SMILES string of the molecule is CN(C1CCN(CCc2ccncc2)CC1)S(=O)(=O)CCCC(C)(C)C. The van der Waals surface area contributed by atoms with Crippen LogP contribution in [0.3, 0.4) is 0 Å². The summed E-state index contributed by atoms with van der Waals surface area (Å²) in [6, 6.07) is 4.27. The van der Waals surface area contributed by atoms with E-state index in [0.29, 0.717) is 0 Å². The molecule has 0 unspecified atom stereocenters. The molecule has 2 rings (SSSR count). The molecular formula is C20H35N3O2S. The minimum atomic E-state index is -3.15. The first-order valence-corrected chi connectivity index (χ1v) is 11.4. The van der Waals surface area contributed by atoms with Crippen LogP contribution in [0.25, 0.3) is 0 Å². The maximum absolute atomic E-state index is 12.6. The first-order chi connectivity index (χ1) is 12.2. The molecule has 0 atom stereocenters. The monoisotopic (exact) mass is 381 g/mol. The van der Waals surface area contributed by atoms with Gasteiger partial charge < -0.3 is 4.90 Å². The lowest BCUT2D eigenvalue weighted by Crippen LogP contribution is -2.46. The van der Waals surface area contributed by atoms with Gasteiger partial charge in [0.2, 0.25) is 10.0 Å². The van der Waals surface area contributed by atoms with Gasteiger partial charge in [0.05, 0.1) is 5.75 Å². The quantitative estimate of drug-likeness (QED) is 0.694. The van der Waals surface area contributed by atoms with Crippen LogP contribution in [0.4, 0.5) is 0 Å². The highest BCUT2D eigenvalue weighted by atomic mass is 32.2. The fourth-order valence-corrected chi connectivity index (χ4v) is 4.96. The Bertz CT molecular complexity index is 633. The Morgan fingerprint density at radius 2 is 1.81 bits per heavy atom. The van der Waals surface area contributed by atoms with Crippen molar-refractivity contribution in [1.29, 1.82) is 0 Å². The first-order valence-electron chi connectivity index (χ1n) is 9.74.